The first kappa shape index (κ1) is 42.8. The van der Waals surface area contributed by atoms with Gasteiger partial charge in [0.15, 0.2) is 6.73 Å². The van der Waals surface area contributed by atoms with Gasteiger partial charge in [-0.2, -0.15) is 5.10 Å². The monoisotopic (exact) mass is 854 g/mol. The second-order valence-electron chi connectivity index (χ2n) is 18.6. The van der Waals surface area contributed by atoms with E-state index in [0.717, 1.165) is 115 Å². The van der Waals surface area contributed by atoms with Crippen LogP contribution in [0.4, 0.5) is 4.79 Å². The summed E-state index contributed by atoms with van der Waals surface area (Å²) in [6.45, 7) is 8.06. The number of ether oxygens (including phenoxy) is 1. The number of fused-ring (bicyclic) bond motifs is 2. The molecule has 332 valence electrons. The van der Waals surface area contributed by atoms with Crippen LogP contribution in [-0.2, 0) is 32.9 Å². The van der Waals surface area contributed by atoms with Crippen molar-refractivity contribution in [3.8, 4) is 0 Å². The van der Waals surface area contributed by atoms with Gasteiger partial charge in [-0.1, -0.05) is 73.9 Å². The van der Waals surface area contributed by atoms with E-state index < -0.39 is 11.5 Å². The van der Waals surface area contributed by atoms with Crippen LogP contribution >= 0.6 is 0 Å². The molecule has 5 heterocycles. The van der Waals surface area contributed by atoms with Crippen LogP contribution in [0.5, 0.6) is 0 Å². The van der Waals surface area contributed by atoms with Gasteiger partial charge < -0.3 is 29.7 Å². The average molecular weight is 855 g/mol. The molecule has 3 amide bonds. The first-order chi connectivity index (χ1) is 30.6. The number of aromatic nitrogens is 3. The number of urea groups is 1. The Labute approximate surface area is 369 Å². The van der Waals surface area contributed by atoms with Crippen LogP contribution in [0.15, 0.2) is 83.8 Å². The second kappa shape index (κ2) is 18.7. The molecule has 13 nitrogen and oxygen atoms in total. The minimum atomic E-state index is -0.772. The molecule has 0 unspecified atom stereocenters. The molecule has 4 aliphatic rings. The normalized spacial score (nSPS) is 19.9. The average Bonchev–Trinajstić information content (AvgIpc) is 3.74. The molecule has 13 heteroatoms. The lowest BCUT2D eigenvalue weighted by molar-refractivity contribution is -0.156. The summed E-state index contributed by atoms with van der Waals surface area (Å²) in [5, 5.41) is 9.88. The zero-order chi connectivity index (χ0) is 43.5. The van der Waals surface area contributed by atoms with E-state index in [1.54, 1.807) is 9.58 Å². The first-order valence-electron chi connectivity index (χ1n) is 23.2. The number of benzene rings is 3. The Kier molecular flexibility index (Phi) is 12.7. The van der Waals surface area contributed by atoms with Crippen molar-refractivity contribution in [1.82, 2.24) is 39.7 Å². The number of H-pyrrole nitrogens is 1. The van der Waals surface area contributed by atoms with E-state index in [1.807, 2.05) is 84.8 Å². The minimum absolute atomic E-state index is 0.00349. The van der Waals surface area contributed by atoms with Gasteiger partial charge in [-0.05, 0) is 112 Å². The molecular weight excluding hydrogens is 793 g/mol. The Balaban J connectivity index is 0.894. The lowest BCUT2D eigenvalue weighted by atomic mass is 9.69. The van der Waals surface area contributed by atoms with Gasteiger partial charge in [0.1, 0.15) is 6.04 Å². The zero-order valence-electron chi connectivity index (χ0n) is 36.9. The van der Waals surface area contributed by atoms with E-state index in [9.17, 15) is 19.2 Å². The molecule has 9 rings (SSSR count). The number of piperidine rings is 2. The van der Waals surface area contributed by atoms with E-state index in [1.165, 1.54) is 0 Å². The minimum Gasteiger partial charge on any atom is -0.442 e. The van der Waals surface area contributed by atoms with Crippen LogP contribution in [0, 0.1) is 6.92 Å². The maximum absolute atomic E-state index is 14.6. The Hall–Kier alpha value is -5.53. The van der Waals surface area contributed by atoms with Crippen molar-refractivity contribution in [3.63, 3.8) is 0 Å². The van der Waals surface area contributed by atoms with E-state index in [0.29, 0.717) is 51.5 Å². The van der Waals surface area contributed by atoms with Gasteiger partial charge in [-0.25, -0.2) is 9.48 Å². The quantitative estimate of drug-likeness (QED) is 0.156. The smallest absolute Gasteiger partial charge is 0.318 e. The van der Waals surface area contributed by atoms with Crippen LogP contribution in [0.2, 0.25) is 0 Å². The van der Waals surface area contributed by atoms with Crippen molar-refractivity contribution in [2.45, 2.75) is 101 Å². The number of carbonyl (C=O) groups excluding carboxylic acids is 3. The molecule has 1 saturated carbocycles. The molecule has 1 atom stereocenters. The van der Waals surface area contributed by atoms with Gasteiger partial charge in [0.25, 0.3) is 5.56 Å². The molecule has 3 aromatic carbocycles. The Morgan fingerprint density at radius 2 is 1.54 bits per heavy atom. The van der Waals surface area contributed by atoms with Gasteiger partial charge in [0, 0.05) is 74.4 Å². The Morgan fingerprint density at radius 1 is 0.825 bits per heavy atom. The number of para-hydroxylation sites is 1. The molecule has 0 radical (unpaired) electrons. The highest BCUT2D eigenvalue weighted by Gasteiger charge is 2.43. The molecule has 0 bridgehead atoms. The van der Waals surface area contributed by atoms with E-state index in [-0.39, 0.29) is 36.1 Å². The summed E-state index contributed by atoms with van der Waals surface area (Å²) in [6.07, 6.45) is 10.5. The second-order valence-corrected chi connectivity index (χ2v) is 18.6. The molecule has 63 heavy (non-hydrogen) atoms. The highest BCUT2D eigenvalue weighted by Crippen LogP contribution is 2.41. The molecule has 0 spiro atoms. The van der Waals surface area contributed by atoms with Crippen LogP contribution in [0.25, 0.3) is 21.8 Å². The van der Waals surface area contributed by atoms with Crippen molar-refractivity contribution in [3.05, 3.63) is 112 Å². The van der Waals surface area contributed by atoms with Crippen molar-refractivity contribution < 1.29 is 19.1 Å². The molecule has 2 N–H and O–H groups in total. The third-order valence-corrected chi connectivity index (χ3v) is 14.5. The molecular formula is C50H62N8O5. The molecule has 4 fully saturated rings. The SMILES string of the molecule is Cc1cc(C[C@@H](NC(=O)N2CCC(c3cc4ccccc4[nH]c3=O)CC2)C(=O)N2CCN(C3CCN(C)CC3)CC2)cc2cn(COC(=O)C3(c4ccccc4)CCCCC3)nc12. The summed E-state index contributed by atoms with van der Waals surface area (Å²) < 4.78 is 7.72. The first-order valence-corrected chi connectivity index (χ1v) is 23.2. The molecule has 3 aliphatic heterocycles. The number of carbonyl (C=O) groups is 3. The van der Waals surface area contributed by atoms with Gasteiger partial charge in [0.2, 0.25) is 5.91 Å². The fourth-order valence-electron chi connectivity index (χ4n) is 10.8. The Morgan fingerprint density at radius 3 is 2.29 bits per heavy atom. The third-order valence-electron chi connectivity index (χ3n) is 14.5. The number of amides is 3. The summed E-state index contributed by atoms with van der Waals surface area (Å²) in [6, 6.07) is 23.4. The number of piperazine rings is 1. The predicted molar refractivity (Wildman–Crippen MR) is 245 cm³/mol. The van der Waals surface area contributed by atoms with E-state index in [4.69, 9.17) is 9.84 Å². The third kappa shape index (κ3) is 9.27. The van der Waals surface area contributed by atoms with Gasteiger partial charge >= 0.3 is 12.0 Å². The number of hydrogen-bond acceptors (Lipinski definition) is 8. The van der Waals surface area contributed by atoms with Crippen molar-refractivity contribution in [1.29, 1.82) is 0 Å². The lowest BCUT2D eigenvalue weighted by Crippen LogP contribution is -2.59. The summed E-state index contributed by atoms with van der Waals surface area (Å²) in [4.78, 5) is 67.3. The van der Waals surface area contributed by atoms with Crippen molar-refractivity contribution in [2.24, 2.45) is 0 Å². The molecule has 3 saturated heterocycles. The maximum atomic E-state index is 14.6. The standard InChI is InChI=1S/C50H62N8O5/c1-35-29-36(30-39-33-58(53-45(35)39)34-63-48(61)50(19-9-4-10-20-50)40-12-5-3-6-13-40)31-44(47(60)56-27-25-55(26-28-56)41-17-21-54(2)22-18-41)52-49(62)57-23-15-37(16-24-57)42-32-38-11-7-8-14-43(38)51-46(42)59/h3,5-8,11-14,29-30,32-33,37,41,44H,4,9-10,15-28,31,34H2,1-2H3,(H,51,59)(H,52,62)/t44-/m1/s1. The fourth-order valence-corrected chi connectivity index (χ4v) is 10.8. The number of nitrogens with zero attached hydrogens (tertiary/aromatic N) is 6. The number of likely N-dealkylation sites (tertiary alicyclic amines) is 2. The van der Waals surface area contributed by atoms with E-state index >= 15 is 0 Å². The van der Waals surface area contributed by atoms with Gasteiger partial charge in [-0.3, -0.25) is 19.3 Å². The maximum Gasteiger partial charge on any atom is 0.318 e. The number of hydrogen-bond donors (Lipinski definition) is 2. The largest absolute Gasteiger partial charge is 0.442 e. The predicted octanol–water partition coefficient (Wildman–Crippen LogP) is 6.33. The number of aromatic amines is 1. The number of esters is 1. The van der Waals surface area contributed by atoms with Gasteiger partial charge in [0.05, 0.1) is 10.9 Å². The number of nitrogens with one attached hydrogen (secondary N) is 2. The van der Waals surface area contributed by atoms with Crippen LogP contribution in [0.1, 0.15) is 86.0 Å². The Bertz CT molecular complexity index is 2470. The summed E-state index contributed by atoms with van der Waals surface area (Å²) in [5.74, 6) is -0.238. The molecule has 1 aliphatic carbocycles. The number of rotatable bonds is 10. The topological polar surface area (TPSA) is 136 Å². The highest BCUT2D eigenvalue weighted by atomic mass is 16.5. The van der Waals surface area contributed by atoms with Crippen LogP contribution in [0.3, 0.4) is 0 Å². The van der Waals surface area contributed by atoms with Crippen molar-refractivity contribution in [2.75, 3.05) is 59.4 Å². The summed E-state index contributed by atoms with van der Waals surface area (Å²) >= 11 is 0. The summed E-state index contributed by atoms with van der Waals surface area (Å²) in [7, 11) is 2.18. The van der Waals surface area contributed by atoms with Gasteiger partial charge in [-0.15, -0.1) is 0 Å². The van der Waals surface area contributed by atoms with Crippen LogP contribution in [-0.4, -0.2) is 124 Å². The highest BCUT2D eigenvalue weighted by molar-refractivity contribution is 5.88. The van der Waals surface area contributed by atoms with E-state index in [2.05, 4.69) is 33.2 Å². The van der Waals surface area contributed by atoms with Crippen LogP contribution < -0.4 is 10.9 Å². The zero-order valence-corrected chi connectivity index (χ0v) is 36.9. The van der Waals surface area contributed by atoms with Crippen molar-refractivity contribution >= 4 is 39.7 Å². The number of pyridine rings is 1. The molecule has 2 aromatic heterocycles. The lowest BCUT2D eigenvalue weighted by Gasteiger charge is -2.43. The number of aryl methyl sites for hydroxylation is 1. The summed E-state index contributed by atoms with van der Waals surface area (Å²) in [5.41, 5.74) is 4.52. The fraction of sp³-hybridized carbons (Fsp3) is 0.500. The molecule has 5 aromatic rings.